The zero-order valence-corrected chi connectivity index (χ0v) is 21.0. The van der Waals surface area contributed by atoms with Crippen LogP contribution in [0.1, 0.15) is 6.92 Å². The molecule has 2 aromatic heterocycles. The maximum Gasteiger partial charge on any atom is 0.273 e. The van der Waals surface area contributed by atoms with E-state index in [0.717, 1.165) is 49.3 Å². The van der Waals surface area contributed by atoms with Gasteiger partial charge in [0.05, 0.1) is 12.8 Å². The van der Waals surface area contributed by atoms with Crippen LogP contribution in [0.3, 0.4) is 0 Å². The number of thiazole rings is 1. The Balaban J connectivity index is 1.24. The molecule has 2 aliphatic heterocycles. The van der Waals surface area contributed by atoms with Gasteiger partial charge in [0.25, 0.3) is 5.56 Å². The highest BCUT2D eigenvalue weighted by Crippen LogP contribution is 2.28. The van der Waals surface area contributed by atoms with Crippen LogP contribution in [0.2, 0.25) is 0 Å². The van der Waals surface area contributed by atoms with Gasteiger partial charge >= 0.3 is 0 Å². The van der Waals surface area contributed by atoms with E-state index in [1.807, 2.05) is 29.2 Å². The lowest BCUT2D eigenvalue weighted by Gasteiger charge is -2.36. The molecule has 1 aromatic carbocycles. The monoisotopic (exact) mass is 497 g/mol. The molecule has 0 atom stereocenters. The maximum atomic E-state index is 13.1. The molecule has 2 fully saturated rings. The largest absolute Gasteiger partial charge is 0.495 e. The molecule has 0 N–H and O–H groups in total. The summed E-state index contributed by atoms with van der Waals surface area (Å²) < 4.78 is 7.39. The smallest absolute Gasteiger partial charge is 0.273 e. The fourth-order valence-electron chi connectivity index (χ4n) is 4.67. The number of anilines is 2. The number of fused-ring (bicyclic) bond motifs is 1. The molecule has 186 valence electrons. The van der Waals surface area contributed by atoms with E-state index in [9.17, 15) is 9.59 Å². The molecule has 11 heteroatoms. The van der Waals surface area contributed by atoms with Gasteiger partial charge in [-0.05, 0) is 18.7 Å². The summed E-state index contributed by atoms with van der Waals surface area (Å²) in [5.41, 5.74) is 1.29. The molecular formula is C24H31N7O3S. The molecule has 0 bridgehead atoms. The Morgan fingerprint density at radius 2 is 1.74 bits per heavy atom. The van der Waals surface area contributed by atoms with Crippen molar-refractivity contribution in [1.29, 1.82) is 0 Å². The molecule has 10 nitrogen and oxygen atoms in total. The van der Waals surface area contributed by atoms with Gasteiger partial charge in [-0.2, -0.15) is 4.98 Å². The molecule has 0 aliphatic carbocycles. The second kappa shape index (κ2) is 10.2. The van der Waals surface area contributed by atoms with Crippen LogP contribution >= 0.6 is 11.3 Å². The zero-order chi connectivity index (χ0) is 24.4. The van der Waals surface area contributed by atoms with Crippen LogP contribution in [-0.2, 0) is 11.3 Å². The Kier molecular flexibility index (Phi) is 6.87. The van der Waals surface area contributed by atoms with E-state index >= 15 is 0 Å². The summed E-state index contributed by atoms with van der Waals surface area (Å²) in [6.07, 6.45) is 1.45. The second-order valence-corrected chi connectivity index (χ2v) is 9.77. The number of carbonyl (C=O) groups is 1. The van der Waals surface area contributed by atoms with Crippen molar-refractivity contribution in [2.75, 3.05) is 75.8 Å². The molecule has 2 saturated heterocycles. The third-order valence-electron chi connectivity index (χ3n) is 6.83. The Bertz CT molecular complexity index is 1240. The Morgan fingerprint density at radius 3 is 2.46 bits per heavy atom. The molecule has 0 saturated carbocycles. The van der Waals surface area contributed by atoms with E-state index in [0.29, 0.717) is 36.5 Å². The molecule has 3 aromatic rings. The molecular weight excluding hydrogens is 466 g/mol. The quantitative estimate of drug-likeness (QED) is 0.505. The fraction of sp³-hybridized carbons (Fsp3) is 0.500. The van der Waals surface area contributed by atoms with Crippen LogP contribution in [0.5, 0.6) is 5.75 Å². The van der Waals surface area contributed by atoms with Gasteiger partial charge in [-0.3, -0.25) is 14.2 Å². The Morgan fingerprint density at radius 1 is 1.03 bits per heavy atom. The first-order valence-corrected chi connectivity index (χ1v) is 12.9. The van der Waals surface area contributed by atoms with Gasteiger partial charge < -0.3 is 24.3 Å². The lowest BCUT2D eigenvalue weighted by Crippen LogP contribution is -2.50. The number of rotatable bonds is 6. The number of carbonyl (C=O) groups excluding carboxylic acids is 1. The summed E-state index contributed by atoms with van der Waals surface area (Å²) in [5, 5.41) is 0.830. The van der Waals surface area contributed by atoms with Crippen molar-refractivity contribution in [2.24, 2.45) is 0 Å². The van der Waals surface area contributed by atoms with E-state index in [1.165, 1.54) is 22.2 Å². The first kappa shape index (κ1) is 23.6. The second-order valence-electron chi connectivity index (χ2n) is 8.79. The number of methoxy groups -OCH3 is 1. The van der Waals surface area contributed by atoms with Crippen molar-refractivity contribution in [3.05, 3.63) is 40.9 Å². The number of para-hydroxylation sites is 2. The average Bonchev–Trinajstić information content (AvgIpc) is 3.35. The Hall–Kier alpha value is -3.18. The van der Waals surface area contributed by atoms with Gasteiger partial charge in [-0.15, -0.1) is 0 Å². The number of hydrogen-bond acceptors (Lipinski definition) is 9. The average molecular weight is 498 g/mol. The van der Waals surface area contributed by atoms with Crippen LogP contribution in [0.25, 0.3) is 10.3 Å². The van der Waals surface area contributed by atoms with Crippen molar-refractivity contribution >= 4 is 38.4 Å². The van der Waals surface area contributed by atoms with Crippen LogP contribution < -0.4 is 20.1 Å². The third-order valence-corrected chi connectivity index (χ3v) is 7.92. The minimum absolute atomic E-state index is 0.0150. The van der Waals surface area contributed by atoms with Crippen molar-refractivity contribution in [3.8, 4) is 5.75 Å². The summed E-state index contributed by atoms with van der Waals surface area (Å²) in [7, 11) is 1.67. The number of nitrogens with zero attached hydrogens (tertiary/aromatic N) is 7. The van der Waals surface area contributed by atoms with Crippen LogP contribution in [0, 0.1) is 0 Å². The molecule has 0 unspecified atom stereocenters. The van der Waals surface area contributed by atoms with Gasteiger partial charge in [0.15, 0.2) is 10.8 Å². The van der Waals surface area contributed by atoms with Gasteiger partial charge in [-0.25, -0.2) is 4.98 Å². The third kappa shape index (κ3) is 4.83. The van der Waals surface area contributed by atoms with Gasteiger partial charge in [0.1, 0.15) is 23.3 Å². The molecule has 0 spiro atoms. The number of benzene rings is 1. The van der Waals surface area contributed by atoms with Gasteiger partial charge in [0, 0.05) is 52.4 Å². The first-order valence-electron chi connectivity index (χ1n) is 12.1. The highest BCUT2D eigenvalue weighted by Gasteiger charge is 2.24. The summed E-state index contributed by atoms with van der Waals surface area (Å²) in [6.45, 7) is 9.56. The summed E-state index contributed by atoms with van der Waals surface area (Å²) in [5.74, 6) is 0.753. The summed E-state index contributed by atoms with van der Waals surface area (Å²) in [6, 6.07) is 7.91. The zero-order valence-electron chi connectivity index (χ0n) is 20.2. The normalized spacial score (nSPS) is 17.3. The van der Waals surface area contributed by atoms with E-state index in [2.05, 4.69) is 31.6 Å². The number of piperazine rings is 2. The van der Waals surface area contributed by atoms with E-state index in [1.54, 1.807) is 7.11 Å². The van der Waals surface area contributed by atoms with Crippen molar-refractivity contribution in [1.82, 2.24) is 24.3 Å². The SMILES string of the molecule is CCN1CCN(c2nc3ncn(CC(=O)N4CCN(c5ccccc5OC)CC4)c(=O)c3s2)CC1. The molecule has 1 amide bonds. The van der Waals surface area contributed by atoms with Crippen molar-refractivity contribution in [3.63, 3.8) is 0 Å². The van der Waals surface area contributed by atoms with E-state index in [-0.39, 0.29) is 18.0 Å². The molecule has 35 heavy (non-hydrogen) atoms. The standard InChI is InChI=1S/C24H31N7O3S/c1-3-27-8-10-30(11-9-27)24-26-22-21(35-24)23(33)31(17-25-22)16-20(32)29-14-12-28(13-15-29)18-6-4-5-7-19(18)34-2/h4-7,17H,3,8-16H2,1-2H3. The Labute approximate surface area is 208 Å². The van der Waals surface area contributed by atoms with E-state index < -0.39 is 0 Å². The van der Waals surface area contributed by atoms with Crippen LogP contribution in [0.4, 0.5) is 10.8 Å². The number of amides is 1. The van der Waals surface area contributed by atoms with E-state index in [4.69, 9.17) is 4.74 Å². The number of likely N-dealkylation sites (N-methyl/N-ethyl adjacent to an activating group) is 1. The van der Waals surface area contributed by atoms with Crippen molar-refractivity contribution < 1.29 is 9.53 Å². The number of hydrogen-bond donors (Lipinski definition) is 0. The number of ether oxygens (including phenoxy) is 1. The molecule has 5 rings (SSSR count). The highest BCUT2D eigenvalue weighted by atomic mass is 32.1. The van der Waals surface area contributed by atoms with Gasteiger partial charge in [0.2, 0.25) is 5.91 Å². The highest BCUT2D eigenvalue weighted by molar-refractivity contribution is 7.22. The minimum Gasteiger partial charge on any atom is -0.495 e. The molecule has 0 radical (unpaired) electrons. The number of aromatic nitrogens is 3. The first-order chi connectivity index (χ1) is 17.1. The summed E-state index contributed by atoms with van der Waals surface area (Å²) in [4.78, 5) is 43.8. The fourth-order valence-corrected chi connectivity index (χ4v) is 5.69. The lowest BCUT2D eigenvalue weighted by atomic mass is 10.2. The predicted octanol–water partition coefficient (Wildman–Crippen LogP) is 1.35. The molecule has 2 aliphatic rings. The van der Waals surface area contributed by atoms with Crippen LogP contribution in [-0.4, -0.2) is 96.3 Å². The maximum absolute atomic E-state index is 13.1. The summed E-state index contributed by atoms with van der Waals surface area (Å²) >= 11 is 1.37. The predicted molar refractivity (Wildman–Crippen MR) is 138 cm³/mol. The van der Waals surface area contributed by atoms with Crippen LogP contribution in [0.15, 0.2) is 35.4 Å². The van der Waals surface area contributed by atoms with Crippen molar-refractivity contribution in [2.45, 2.75) is 13.5 Å². The van der Waals surface area contributed by atoms with Gasteiger partial charge in [-0.1, -0.05) is 30.4 Å². The molecule has 4 heterocycles. The minimum atomic E-state index is -0.202. The lowest BCUT2D eigenvalue weighted by molar-refractivity contribution is -0.132. The topological polar surface area (TPSA) is 87.0 Å².